The summed E-state index contributed by atoms with van der Waals surface area (Å²) in [7, 11) is 0. The fourth-order valence-corrected chi connectivity index (χ4v) is 1.33. The summed E-state index contributed by atoms with van der Waals surface area (Å²) in [5.41, 5.74) is 6.20. The molecule has 0 aliphatic rings. The summed E-state index contributed by atoms with van der Waals surface area (Å²) in [5.74, 6) is -1.45. The quantitative estimate of drug-likeness (QED) is 0.521. The predicted molar refractivity (Wildman–Crippen MR) is 58.1 cm³/mol. The van der Waals surface area contributed by atoms with Crippen LogP contribution in [-0.4, -0.2) is 22.0 Å². The van der Waals surface area contributed by atoms with Crippen molar-refractivity contribution in [1.82, 2.24) is 0 Å². The Morgan fingerprint density at radius 3 is 2.50 bits per heavy atom. The highest BCUT2D eigenvalue weighted by Crippen LogP contribution is 2.22. The molecule has 1 rings (SSSR count). The number of carbonyl (C=O) groups excluding carboxylic acids is 1. The van der Waals surface area contributed by atoms with E-state index in [0.717, 1.165) is 0 Å². The molecule has 5 heteroatoms. The Balaban J connectivity index is 3.09. The molecule has 86 valence electrons. The Morgan fingerprint density at radius 1 is 1.44 bits per heavy atom. The van der Waals surface area contributed by atoms with Gasteiger partial charge in [0.25, 0.3) is 0 Å². The first kappa shape index (κ1) is 12.2. The summed E-state index contributed by atoms with van der Waals surface area (Å²) < 4.78 is 0. The van der Waals surface area contributed by atoms with Crippen LogP contribution in [0, 0.1) is 0 Å². The normalized spacial score (nSPS) is 12.1. The maximum absolute atomic E-state index is 11.3. The van der Waals surface area contributed by atoms with E-state index in [-0.39, 0.29) is 17.0 Å². The van der Waals surface area contributed by atoms with Crippen LogP contribution in [0.5, 0.6) is 0 Å². The summed E-state index contributed by atoms with van der Waals surface area (Å²) >= 11 is 0. The van der Waals surface area contributed by atoms with Gasteiger partial charge in [0.2, 0.25) is 0 Å². The summed E-state index contributed by atoms with van der Waals surface area (Å²) in [4.78, 5) is 21.9. The predicted octanol–water partition coefficient (Wildman–Crippen LogP) is 0.980. The average molecular weight is 223 g/mol. The molecule has 16 heavy (non-hydrogen) atoms. The lowest BCUT2D eigenvalue weighted by Gasteiger charge is -2.10. The van der Waals surface area contributed by atoms with E-state index in [1.165, 1.54) is 18.2 Å². The Hall–Kier alpha value is -1.88. The van der Waals surface area contributed by atoms with Gasteiger partial charge in [-0.2, -0.15) is 0 Å². The van der Waals surface area contributed by atoms with Crippen LogP contribution in [0.15, 0.2) is 18.2 Å². The van der Waals surface area contributed by atoms with Gasteiger partial charge < -0.3 is 15.9 Å². The average Bonchev–Trinajstić information content (AvgIpc) is 2.26. The third kappa shape index (κ3) is 2.38. The van der Waals surface area contributed by atoms with Crippen LogP contribution in [0.1, 0.15) is 35.4 Å². The molecule has 0 saturated carbocycles. The number of anilines is 1. The number of carboxylic acids is 1. The first-order chi connectivity index (χ1) is 7.47. The number of hydrogen-bond donors (Lipinski definition) is 3. The molecule has 0 saturated heterocycles. The van der Waals surface area contributed by atoms with Gasteiger partial charge in [-0.15, -0.1) is 0 Å². The molecule has 0 aromatic heterocycles. The maximum atomic E-state index is 11.3. The third-order valence-corrected chi connectivity index (χ3v) is 2.26. The highest BCUT2D eigenvalue weighted by Gasteiger charge is 2.19. The number of rotatable bonds is 4. The molecule has 0 radical (unpaired) electrons. The number of nitrogens with two attached hydrogens (primary N) is 1. The minimum absolute atomic E-state index is 0.0805. The van der Waals surface area contributed by atoms with Crippen LogP contribution >= 0.6 is 0 Å². The van der Waals surface area contributed by atoms with Crippen molar-refractivity contribution in [2.24, 2.45) is 0 Å². The van der Waals surface area contributed by atoms with Crippen molar-refractivity contribution < 1.29 is 19.8 Å². The number of hydrogen-bond acceptors (Lipinski definition) is 4. The van der Waals surface area contributed by atoms with E-state index >= 15 is 0 Å². The van der Waals surface area contributed by atoms with Crippen LogP contribution in [0.25, 0.3) is 0 Å². The number of aliphatic hydroxyl groups excluding tert-OH is 1. The van der Waals surface area contributed by atoms with Gasteiger partial charge >= 0.3 is 5.97 Å². The molecule has 0 aliphatic heterocycles. The molecule has 0 spiro atoms. The first-order valence-electron chi connectivity index (χ1n) is 4.80. The topological polar surface area (TPSA) is 101 Å². The molecule has 5 nitrogen and oxygen atoms in total. The largest absolute Gasteiger partial charge is 0.479 e. The van der Waals surface area contributed by atoms with Crippen molar-refractivity contribution in [1.29, 1.82) is 0 Å². The molecule has 0 heterocycles. The van der Waals surface area contributed by atoms with Crippen LogP contribution in [0.4, 0.5) is 5.69 Å². The molecule has 0 amide bonds. The fourth-order valence-electron chi connectivity index (χ4n) is 1.33. The van der Waals surface area contributed by atoms with Crippen molar-refractivity contribution in [2.75, 3.05) is 5.73 Å². The van der Waals surface area contributed by atoms with E-state index in [4.69, 9.17) is 10.8 Å². The molecule has 1 atom stereocenters. The number of benzene rings is 1. The van der Waals surface area contributed by atoms with Crippen molar-refractivity contribution in [2.45, 2.75) is 19.4 Å². The third-order valence-electron chi connectivity index (χ3n) is 2.26. The minimum Gasteiger partial charge on any atom is -0.479 e. The van der Waals surface area contributed by atoms with Gasteiger partial charge in [0.05, 0.1) is 0 Å². The number of nitrogen functional groups attached to an aromatic ring is 1. The molecule has 1 aromatic carbocycles. The van der Waals surface area contributed by atoms with Gasteiger partial charge in [-0.05, 0) is 6.07 Å². The standard InChI is InChI=1S/C11H13NO4/c1-2-9(13)6-3-4-7(8(12)5-6)10(14)11(15)16/h3-5,10,14H,2,12H2,1H3,(H,15,16). The summed E-state index contributed by atoms with van der Waals surface area (Å²) in [5, 5.41) is 17.9. The molecular weight excluding hydrogens is 210 g/mol. The first-order valence-corrected chi connectivity index (χ1v) is 4.80. The molecule has 1 aromatic rings. The summed E-state index contributed by atoms with van der Waals surface area (Å²) in [6.07, 6.45) is -1.31. The van der Waals surface area contributed by atoms with Gasteiger partial charge in [-0.3, -0.25) is 4.79 Å². The Kier molecular flexibility index (Phi) is 3.63. The van der Waals surface area contributed by atoms with Crippen LogP contribution in [0.3, 0.4) is 0 Å². The number of Topliss-reactive ketones (excluding diaryl/α,β-unsaturated/α-hetero) is 1. The van der Waals surface area contributed by atoms with Crippen molar-refractivity contribution in [3.63, 3.8) is 0 Å². The van der Waals surface area contributed by atoms with Gasteiger partial charge in [0.15, 0.2) is 11.9 Å². The lowest BCUT2D eigenvalue weighted by molar-refractivity contribution is -0.146. The molecule has 0 bridgehead atoms. The maximum Gasteiger partial charge on any atom is 0.337 e. The van der Waals surface area contributed by atoms with Gasteiger partial charge in [-0.1, -0.05) is 19.1 Å². The van der Waals surface area contributed by atoms with E-state index < -0.39 is 12.1 Å². The lowest BCUT2D eigenvalue weighted by Crippen LogP contribution is -2.13. The number of aliphatic carboxylic acids is 1. The number of ketones is 1. The smallest absolute Gasteiger partial charge is 0.337 e. The second-order valence-electron chi connectivity index (χ2n) is 3.36. The van der Waals surface area contributed by atoms with Gasteiger partial charge in [0, 0.05) is 23.2 Å². The second kappa shape index (κ2) is 4.76. The molecule has 0 fully saturated rings. The fraction of sp³-hybridized carbons (Fsp3) is 0.273. The molecular formula is C11H13NO4. The zero-order valence-electron chi connectivity index (χ0n) is 8.80. The molecule has 4 N–H and O–H groups in total. The van der Waals surface area contributed by atoms with Crippen LogP contribution in [0.2, 0.25) is 0 Å². The summed E-state index contributed by atoms with van der Waals surface area (Å²) in [6, 6.07) is 4.20. The number of carbonyl (C=O) groups is 2. The number of aliphatic hydroxyl groups is 1. The molecule has 0 aliphatic carbocycles. The Morgan fingerprint density at radius 2 is 2.06 bits per heavy atom. The van der Waals surface area contributed by atoms with Crippen molar-refractivity contribution in [3.05, 3.63) is 29.3 Å². The highest BCUT2D eigenvalue weighted by atomic mass is 16.4. The lowest BCUT2D eigenvalue weighted by atomic mass is 10.0. The van der Waals surface area contributed by atoms with Crippen molar-refractivity contribution in [3.8, 4) is 0 Å². The zero-order chi connectivity index (χ0) is 12.3. The van der Waals surface area contributed by atoms with Crippen molar-refractivity contribution >= 4 is 17.4 Å². The molecule has 1 unspecified atom stereocenters. The van der Waals surface area contributed by atoms with Crippen LogP contribution in [-0.2, 0) is 4.79 Å². The Bertz CT molecular complexity index is 428. The monoisotopic (exact) mass is 223 g/mol. The van der Waals surface area contributed by atoms with Crippen LogP contribution < -0.4 is 5.73 Å². The van der Waals surface area contributed by atoms with E-state index in [1.807, 2.05) is 0 Å². The highest BCUT2D eigenvalue weighted by molar-refractivity contribution is 5.97. The Labute approximate surface area is 92.5 Å². The van der Waals surface area contributed by atoms with E-state index in [9.17, 15) is 14.7 Å². The summed E-state index contributed by atoms with van der Waals surface area (Å²) in [6.45, 7) is 1.72. The van der Waals surface area contributed by atoms with Gasteiger partial charge in [-0.25, -0.2) is 4.79 Å². The van der Waals surface area contributed by atoms with Gasteiger partial charge in [0.1, 0.15) is 0 Å². The number of carboxylic acid groups (broad SMARTS) is 1. The van der Waals surface area contributed by atoms with E-state index in [0.29, 0.717) is 12.0 Å². The minimum atomic E-state index is -1.66. The van der Waals surface area contributed by atoms with E-state index in [1.54, 1.807) is 6.92 Å². The van der Waals surface area contributed by atoms with E-state index in [2.05, 4.69) is 0 Å². The SMILES string of the molecule is CCC(=O)c1ccc(C(O)C(=O)O)c(N)c1. The zero-order valence-corrected chi connectivity index (χ0v) is 8.80. The second-order valence-corrected chi connectivity index (χ2v) is 3.36.